The molecule has 1 unspecified atom stereocenters. The first-order chi connectivity index (χ1) is 11.0. The molecule has 1 atom stereocenters. The Bertz CT molecular complexity index is 691. The van der Waals surface area contributed by atoms with Crippen molar-refractivity contribution in [1.82, 2.24) is 4.90 Å². The number of aliphatic imine (C=N–C) groups is 1. The van der Waals surface area contributed by atoms with E-state index in [1.807, 2.05) is 12.1 Å². The summed E-state index contributed by atoms with van der Waals surface area (Å²) in [5.41, 5.74) is 7.34. The molecule has 2 N–H and O–H groups in total. The van der Waals surface area contributed by atoms with Gasteiger partial charge in [0.25, 0.3) is 5.91 Å². The lowest BCUT2D eigenvalue weighted by atomic mass is 9.61. The number of hydrogen-bond acceptors (Lipinski definition) is 4. The van der Waals surface area contributed by atoms with Crippen LogP contribution in [-0.4, -0.2) is 37.0 Å². The minimum absolute atomic E-state index is 0.0239. The molecule has 23 heavy (non-hydrogen) atoms. The monoisotopic (exact) mass is 313 g/mol. The Hall–Kier alpha value is -1.88. The van der Waals surface area contributed by atoms with Gasteiger partial charge in [-0.25, -0.2) is 4.99 Å². The summed E-state index contributed by atoms with van der Waals surface area (Å²) in [5, 5.41) is 0. The molecule has 122 valence electrons. The van der Waals surface area contributed by atoms with E-state index in [4.69, 9.17) is 15.5 Å². The molecular formula is C18H23N3O2. The number of nitrogens with zero attached hydrogens (tertiary/aromatic N) is 2. The maximum Gasteiger partial charge on any atom is 0.262 e. The van der Waals surface area contributed by atoms with Gasteiger partial charge >= 0.3 is 0 Å². The summed E-state index contributed by atoms with van der Waals surface area (Å²) in [4.78, 5) is 19.5. The Balaban J connectivity index is 1.87. The van der Waals surface area contributed by atoms with Crippen molar-refractivity contribution in [3.05, 3.63) is 35.4 Å². The zero-order valence-electron chi connectivity index (χ0n) is 13.7. The fourth-order valence-electron chi connectivity index (χ4n) is 4.89. The molecule has 0 aromatic heterocycles. The van der Waals surface area contributed by atoms with Crippen LogP contribution in [0, 0.1) is 5.41 Å². The Kier molecular flexibility index (Phi) is 3.07. The van der Waals surface area contributed by atoms with E-state index < -0.39 is 5.54 Å². The van der Waals surface area contributed by atoms with Crippen LogP contribution in [0.15, 0.2) is 29.3 Å². The quantitative estimate of drug-likeness (QED) is 0.859. The molecule has 1 heterocycles. The van der Waals surface area contributed by atoms with Gasteiger partial charge in [-0.1, -0.05) is 24.3 Å². The van der Waals surface area contributed by atoms with E-state index in [1.165, 1.54) is 10.5 Å². The normalized spacial score (nSPS) is 35.9. The van der Waals surface area contributed by atoms with Gasteiger partial charge in [0.05, 0.1) is 6.10 Å². The van der Waals surface area contributed by atoms with Crippen molar-refractivity contribution in [2.45, 2.75) is 43.7 Å². The van der Waals surface area contributed by atoms with E-state index in [9.17, 15) is 4.79 Å². The molecule has 1 aromatic rings. The lowest BCUT2D eigenvalue weighted by Crippen LogP contribution is -2.51. The number of hydrogen-bond donors (Lipinski definition) is 1. The van der Waals surface area contributed by atoms with Gasteiger partial charge < -0.3 is 10.5 Å². The molecule has 5 nitrogen and oxygen atoms in total. The van der Waals surface area contributed by atoms with Crippen LogP contribution in [0.5, 0.6) is 0 Å². The number of nitrogens with two attached hydrogens (primary N) is 1. The first-order valence-corrected chi connectivity index (χ1v) is 8.29. The molecule has 1 saturated carbocycles. The van der Waals surface area contributed by atoms with E-state index in [0.717, 1.165) is 37.7 Å². The standard InChI is InChI=1S/C18H23N3O2/c1-21-15(22)18(20-16(21)19)14-6-4-3-5-12(14)11-17(18)9-7-13(23-2)8-10-17/h3-6,13H,7-11H2,1-2H3,(H2,19,20)/t13-,17-,18?. The maximum absolute atomic E-state index is 13.2. The molecule has 2 aliphatic carbocycles. The largest absolute Gasteiger partial charge is 0.381 e. The van der Waals surface area contributed by atoms with E-state index in [0.29, 0.717) is 5.96 Å². The minimum atomic E-state index is -0.832. The number of guanidine groups is 1. The average Bonchev–Trinajstić information content (AvgIpc) is 2.97. The summed E-state index contributed by atoms with van der Waals surface area (Å²) in [7, 11) is 3.50. The summed E-state index contributed by atoms with van der Waals surface area (Å²) >= 11 is 0. The van der Waals surface area contributed by atoms with Crippen LogP contribution in [0.3, 0.4) is 0 Å². The lowest BCUT2D eigenvalue weighted by Gasteiger charge is -2.45. The van der Waals surface area contributed by atoms with Crippen molar-refractivity contribution in [2.24, 2.45) is 16.1 Å². The van der Waals surface area contributed by atoms with Crippen molar-refractivity contribution in [2.75, 3.05) is 14.2 Å². The van der Waals surface area contributed by atoms with Crippen molar-refractivity contribution in [1.29, 1.82) is 0 Å². The number of fused-ring (bicyclic) bond motifs is 3. The number of methoxy groups -OCH3 is 1. The number of amides is 1. The number of carbonyl (C=O) groups excluding carboxylic acids is 1. The number of benzene rings is 1. The van der Waals surface area contributed by atoms with Crippen LogP contribution >= 0.6 is 0 Å². The summed E-state index contributed by atoms with van der Waals surface area (Å²) in [6, 6.07) is 8.23. The first-order valence-electron chi connectivity index (χ1n) is 8.29. The predicted molar refractivity (Wildman–Crippen MR) is 87.9 cm³/mol. The van der Waals surface area contributed by atoms with Crippen LogP contribution < -0.4 is 5.73 Å². The third kappa shape index (κ3) is 1.71. The van der Waals surface area contributed by atoms with Gasteiger partial charge in [-0.3, -0.25) is 9.69 Å². The van der Waals surface area contributed by atoms with Crippen molar-refractivity contribution >= 4 is 11.9 Å². The molecule has 5 heteroatoms. The fraction of sp³-hybridized carbons (Fsp3) is 0.556. The Labute approximate surface area is 136 Å². The molecule has 1 aromatic carbocycles. The molecule has 0 radical (unpaired) electrons. The molecule has 4 rings (SSSR count). The number of likely N-dealkylation sites (N-methyl/N-ethyl adjacent to an activating group) is 1. The van der Waals surface area contributed by atoms with Crippen molar-refractivity contribution < 1.29 is 9.53 Å². The summed E-state index contributed by atoms with van der Waals surface area (Å²) in [6.45, 7) is 0. The van der Waals surface area contributed by atoms with Gasteiger partial charge in [-0.2, -0.15) is 0 Å². The summed E-state index contributed by atoms with van der Waals surface area (Å²) in [6.07, 6.45) is 5.01. The lowest BCUT2D eigenvalue weighted by molar-refractivity contribution is -0.137. The van der Waals surface area contributed by atoms with Gasteiger partial charge in [0, 0.05) is 19.6 Å². The second-order valence-electron chi connectivity index (χ2n) is 7.09. The second kappa shape index (κ2) is 4.81. The van der Waals surface area contributed by atoms with Gasteiger partial charge in [0.2, 0.25) is 0 Å². The van der Waals surface area contributed by atoms with Crippen molar-refractivity contribution in [3.8, 4) is 0 Å². The number of rotatable bonds is 1. The third-order valence-electron chi connectivity index (χ3n) is 6.17. The third-order valence-corrected chi connectivity index (χ3v) is 6.17. The van der Waals surface area contributed by atoms with Crippen molar-refractivity contribution in [3.63, 3.8) is 0 Å². The SMILES string of the molecule is CO[C@H]1CC[C@]2(CC1)Cc1ccccc1C21N=C(N)N(C)C1=O. The second-order valence-corrected chi connectivity index (χ2v) is 7.09. The first kappa shape index (κ1) is 14.7. The van der Waals surface area contributed by atoms with Crippen LogP contribution in [0.25, 0.3) is 0 Å². The van der Waals surface area contributed by atoms with Gasteiger partial charge in [-0.15, -0.1) is 0 Å². The Morgan fingerprint density at radius 3 is 2.61 bits per heavy atom. The molecule has 0 bridgehead atoms. The Morgan fingerprint density at radius 1 is 1.30 bits per heavy atom. The topological polar surface area (TPSA) is 67.9 Å². The molecule has 0 saturated heterocycles. The maximum atomic E-state index is 13.2. The average molecular weight is 313 g/mol. The predicted octanol–water partition coefficient (Wildman–Crippen LogP) is 1.80. The smallest absolute Gasteiger partial charge is 0.262 e. The molecular weight excluding hydrogens is 290 g/mol. The zero-order valence-corrected chi connectivity index (χ0v) is 13.7. The zero-order chi connectivity index (χ0) is 16.2. The van der Waals surface area contributed by atoms with E-state index >= 15 is 0 Å². The number of ether oxygens (including phenoxy) is 1. The molecule has 1 fully saturated rings. The van der Waals surface area contributed by atoms with E-state index in [-0.39, 0.29) is 17.4 Å². The highest BCUT2D eigenvalue weighted by atomic mass is 16.5. The molecule has 3 aliphatic rings. The van der Waals surface area contributed by atoms with Crippen LogP contribution in [0.2, 0.25) is 0 Å². The van der Waals surface area contributed by atoms with Crippen LogP contribution in [0.4, 0.5) is 0 Å². The summed E-state index contributed by atoms with van der Waals surface area (Å²) < 4.78 is 5.54. The Morgan fingerprint density at radius 2 is 2.00 bits per heavy atom. The van der Waals surface area contributed by atoms with Crippen LogP contribution in [-0.2, 0) is 21.5 Å². The van der Waals surface area contributed by atoms with E-state index in [2.05, 4.69) is 12.1 Å². The summed E-state index contributed by atoms with van der Waals surface area (Å²) in [5.74, 6) is 0.357. The highest BCUT2D eigenvalue weighted by Crippen LogP contribution is 2.61. The van der Waals surface area contributed by atoms with Crippen LogP contribution in [0.1, 0.15) is 36.8 Å². The fourth-order valence-corrected chi connectivity index (χ4v) is 4.89. The molecule has 1 amide bonds. The van der Waals surface area contributed by atoms with Gasteiger partial charge in [-0.05, 0) is 43.2 Å². The van der Waals surface area contributed by atoms with Gasteiger partial charge in [0.15, 0.2) is 11.5 Å². The van der Waals surface area contributed by atoms with Gasteiger partial charge in [0.1, 0.15) is 0 Å². The number of carbonyl (C=O) groups is 1. The van der Waals surface area contributed by atoms with E-state index in [1.54, 1.807) is 14.2 Å². The highest BCUT2D eigenvalue weighted by Gasteiger charge is 2.66. The highest BCUT2D eigenvalue weighted by molar-refractivity contribution is 6.08. The molecule has 2 spiro atoms. The minimum Gasteiger partial charge on any atom is -0.381 e. The molecule has 1 aliphatic heterocycles.